The Morgan fingerprint density at radius 1 is 0.935 bits per heavy atom. The van der Waals surface area contributed by atoms with Gasteiger partial charge in [-0.15, -0.1) is 0 Å². The summed E-state index contributed by atoms with van der Waals surface area (Å²) in [4.78, 5) is 56.0. The topological polar surface area (TPSA) is 241 Å². The number of carbonyl (C=O) groups is 4. The van der Waals surface area contributed by atoms with Gasteiger partial charge in [-0.1, -0.05) is 36.8 Å². The highest BCUT2D eigenvalue weighted by molar-refractivity contribution is 5.93. The fourth-order valence-electron chi connectivity index (χ4n) is 5.29. The average Bonchev–Trinajstić information content (AvgIpc) is 3.00. The number of benzene rings is 2. The third kappa shape index (κ3) is 13.2. The molecule has 0 saturated heterocycles. The van der Waals surface area contributed by atoms with Crippen LogP contribution in [-0.2, 0) is 32.0 Å². The minimum absolute atomic E-state index is 0.0540. The van der Waals surface area contributed by atoms with Crippen LogP contribution in [0.3, 0.4) is 0 Å². The van der Waals surface area contributed by atoms with Crippen molar-refractivity contribution in [3.63, 3.8) is 0 Å². The van der Waals surface area contributed by atoms with Crippen LogP contribution in [0.4, 0.5) is 0 Å². The molecule has 0 unspecified atom stereocenters. The summed E-state index contributed by atoms with van der Waals surface area (Å²) in [6.07, 6.45) is 2.59. The highest BCUT2D eigenvalue weighted by Crippen LogP contribution is 2.24. The molecule has 3 amide bonds. The van der Waals surface area contributed by atoms with Crippen LogP contribution in [0.1, 0.15) is 60.8 Å². The first-order valence-corrected chi connectivity index (χ1v) is 15.6. The van der Waals surface area contributed by atoms with Crippen LogP contribution in [0.25, 0.3) is 0 Å². The number of nitrogens with zero attached hydrogens (tertiary/aromatic N) is 1. The number of phenols is 1. The molecule has 0 spiro atoms. The van der Waals surface area contributed by atoms with E-state index in [1.54, 1.807) is 12.1 Å². The first-order chi connectivity index (χ1) is 21.9. The quantitative estimate of drug-likeness (QED) is 0.0313. The van der Waals surface area contributed by atoms with Crippen molar-refractivity contribution in [3.05, 3.63) is 64.7 Å². The molecule has 0 aromatic heterocycles. The van der Waals surface area contributed by atoms with Gasteiger partial charge >= 0.3 is 0 Å². The normalized spacial score (nSPS) is 13.5. The Kier molecular flexibility index (Phi) is 16.2. The smallest absolute Gasteiger partial charge is 0.237 e. The summed E-state index contributed by atoms with van der Waals surface area (Å²) in [7, 11) is 0. The zero-order valence-corrected chi connectivity index (χ0v) is 26.8. The van der Waals surface area contributed by atoms with Crippen LogP contribution in [0.2, 0.25) is 0 Å². The fourth-order valence-corrected chi connectivity index (χ4v) is 5.29. The molecule has 0 radical (unpaired) electrons. The number of unbranched alkanes of at least 4 members (excludes halogenated alkanes) is 1. The molecule has 2 aromatic carbocycles. The molecule has 2 aromatic rings. The predicted octanol–water partition coefficient (Wildman–Crippen LogP) is 0.553. The molecular weight excluding hydrogens is 588 g/mol. The van der Waals surface area contributed by atoms with Crippen LogP contribution in [0.15, 0.2) is 47.5 Å². The van der Waals surface area contributed by atoms with Gasteiger partial charge in [0.15, 0.2) is 11.7 Å². The van der Waals surface area contributed by atoms with E-state index in [-0.39, 0.29) is 42.7 Å². The average molecular weight is 639 g/mol. The SMILES string of the molecule is Cc1cc(O)cc(C)c1C[C@H](NC(=O)[C@H](N)CCCN=C(N)N)C(=O)C[C@@H](CCCCN)C(=O)N[C@@H](Cc1ccccc1)NC=O. The minimum atomic E-state index is -0.990. The largest absolute Gasteiger partial charge is 0.508 e. The number of Topliss-reactive ketones (excluding diaryl/α,β-unsaturated/α-hetero) is 1. The third-order valence-corrected chi connectivity index (χ3v) is 7.79. The number of aryl methyl sites for hydroxylation is 2. The number of carbonyl (C=O) groups excluding carboxylic acids is 4. The van der Waals surface area contributed by atoms with E-state index in [2.05, 4.69) is 20.9 Å². The molecule has 13 nitrogen and oxygen atoms in total. The summed E-state index contributed by atoms with van der Waals surface area (Å²) in [5.74, 6) is -1.94. The van der Waals surface area contributed by atoms with Crippen molar-refractivity contribution in [2.45, 2.75) is 83.5 Å². The van der Waals surface area contributed by atoms with E-state index in [9.17, 15) is 24.3 Å². The minimum Gasteiger partial charge on any atom is -0.508 e. The van der Waals surface area contributed by atoms with Gasteiger partial charge in [-0.05, 0) is 80.5 Å². The highest BCUT2D eigenvalue weighted by Gasteiger charge is 2.30. The molecule has 13 heteroatoms. The summed E-state index contributed by atoms with van der Waals surface area (Å²) in [6, 6.07) is 10.7. The molecule has 12 N–H and O–H groups in total. The Labute approximate surface area is 270 Å². The maximum atomic E-state index is 14.0. The monoisotopic (exact) mass is 638 g/mol. The van der Waals surface area contributed by atoms with Crippen molar-refractivity contribution >= 4 is 30.0 Å². The number of amides is 3. The van der Waals surface area contributed by atoms with Gasteiger partial charge in [0.2, 0.25) is 18.2 Å². The number of phenolic OH excluding ortho intramolecular Hbond substituents is 1. The number of ketones is 1. The highest BCUT2D eigenvalue weighted by atomic mass is 16.3. The van der Waals surface area contributed by atoms with Gasteiger partial charge in [0.1, 0.15) is 11.9 Å². The molecule has 2 rings (SSSR count). The molecule has 0 aliphatic heterocycles. The van der Waals surface area contributed by atoms with Gasteiger partial charge in [-0.25, -0.2) is 0 Å². The summed E-state index contributed by atoms with van der Waals surface area (Å²) in [6.45, 7) is 4.37. The lowest BCUT2D eigenvalue weighted by Gasteiger charge is -2.25. The lowest BCUT2D eigenvalue weighted by atomic mass is 9.88. The second-order valence-electron chi connectivity index (χ2n) is 11.6. The summed E-state index contributed by atoms with van der Waals surface area (Å²) < 4.78 is 0. The Morgan fingerprint density at radius 3 is 2.22 bits per heavy atom. The van der Waals surface area contributed by atoms with E-state index < -0.39 is 30.1 Å². The van der Waals surface area contributed by atoms with Crippen LogP contribution in [-0.4, -0.2) is 66.4 Å². The van der Waals surface area contributed by atoms with Crippen LogP contribution >= 0.6 is 0 Å². The fraction of sp³-hybridized carbons (Fsp3) is 0.485. The molecule has 252 valence electrons. The first-order valence-electron chi connectivity index (χ1n) is 15.6. The lowest BCUT2D eigenvalue weighted by Crippen LogP contribution is -2.51. The van der Waals surface area contributed by atoms with Crippen LogP contribution < -0.4 is 38.9 Å². The van der Waals surface area contributed by atoms with Gasteiger partial charge in [0.05, 0.1) is 12.1 Å². The van der Waals surface area contributed by atoms with Crippen molar-refractivity contribution in [3.8, 4) is 5.75 Å². The number of nitrogens with one attached hydrogen (secondary N) is 3. The summed E-state index contributed by atoms with van der Waals surface area (Å²) in [5.41, 5.74) is 25.8. The summed E-state index contributed by atoms with van der Waals surface area (Å²) >= 11 is 0. The number of aliphatic imine (C=N–C) groups is 1. The Morgan fingerprint density at radius 2 is 1.61 bits per heavy atom. The van der Waals surface area contributed by atoms with Crippen molar-refractivity contribution in [1.29, 1.82) is 0 Å². The van der Waals surface area contributed by atoms with Crippen molar-refractivity contribution < 1.29 is 24.3 Å². The molecule has 4 atom stereocenters. The molecule has 0 saturated carbocycles. The molecule has 0 fully saturated rings. The van der Waals surface area contributed by atoms with E-state index in [1.807, 2.05) is 44.2 Å². The van der Waals surface area contributed by atoms with Gasteiger partial charge in [0, 0.05) is 31.7 Å². The van der Waals surface area contributed by atoms with Crippen LogP contribution in [0.5, 0.6) is 5.75 Å². The number of hydrogen-bond donors (Lipinski definition) is 8. The van der Waals surface area contributed by atoms with Gasteiger partial charge in [-0.3, -0.25) is 24.2 Å². The van der Waals surface area contributed by atoms with Gasteiger partial charge in [0.25, 0.3) is 0 Å². The number of rotatable bonds is 21. The second kappa shape index (κ2) is 19.8. The first kappa shape index (κ1) is 37.7. The van der Waals surface area contributed by atoms with E-state index >= 15 is 0 Å². The Balaban J connectivity index is 2.29. The molecule has 0 bridgehead atoms. The van der Waals surface area contributed by atoms with Gasteiger partial charge in [-0.2, -0.15) is 0 Å². The van der Waals surface area contributed by atoms with Gasteiger partial charge < -0.3 is 44.0 Å². The standard InChI is InChI=1S/C33H50N8O5/c1-21-15-25(43)16-22(2)26(21)19-28(40-32(46)27(35)12-8-14-38-33(36)37)29(44)18-24(11-6-7-13-34)31(45)41-30(39-20-42)17-23-9-4-3-5-10-23/h3-5,9-10,15-16,20,24,27-28,30,43H,6-8,11-14,17-19,34-35H2,1-2H3,(H,39,42)(H,40,46)(H,41,45)(H4,36,37,38)/t24-,27-,28+,30+/m1/s1. The number of hydrogen-bond acceptors (Lipinski definition) is 8. The maximum Gasteiger partial charge on any atom is 0.237 e. The molecule has 0 heterocycles. The predicted molar refractivity (Wildman–Crippen MR) is 178 cm³/mol. The van der Waals surface area contributed by atoms with Crippen molar-refractivity contribution in [2.75, 3.05) is 13.1 Å². The zero-order valence-electron chi connectivity index (χ0n) is 26.8. The van der Waals surface area contributed by atoms with E-state index in [0.717, 1.165) is 22.3 Å². The Hall–Kier alpha value is -4.49. The Bertz CT molecular complexity index is 1290. The maximum absolute atomic E-state index is 14.0. The molecule has 0 aliphatic carbocycles. The number of nitrogens with two attached hydrogens (primary N) is 4. The molecule has 0 aliphatic rings. The van der Waals surface area contributed by atoms with Crippen molar-refractivity contribution in [1.82, 2.24) is 16.0 Å². The third-order valence-electron chi connectivity index (χ3n) is 7.79. The molecule has 46 heavy (non-hydrogen) atoms. The van der Waals surface area contributed by atoms with E-state index in [4.69, 9.17) is 22.9 Å². The van der Waals surface area contributed by atoms with E-state index in [1.165, 1.54) is 0 Å². The van der Waals surface area contributed by atoms with Crippen LogP contribution in [0, 0.1) is 19.8 Å². The number of guanidine groups is 1. The molecular formula is C33H50N8O5. The second-order valence-corrected chi connectivity index (χ2v) is 11.6. The lowest BCUT2D eigenvalue weighted by molar-refractivity contribution is -0.132. The number of aromatic hydroxyl groups is 1. The van der Waals surface area contributed by atoms with Crippen molar-refractivity contribution in [2.24, 2.45) is 33.8 Å². The zero-order chi connectivity index (χ0) is 34.1. The summed E-state index contributed by atoms with van der Waals surface area (Å²) in [5, 5.41) is 18.4. The van der Waals surface area contributed by atoms with E-state index in [0.29, 0.717) is 51.6 Å².